The van der Waals surface area contributed by atoms with Gasteiger partial charge in [0.25, 0.3) is 10.9 Å². The molecular formula is C9H5ClN2O4. The largest absolute Gasteiger partial charge is 0.496 e. The van der Waals surface area contributed by atoms with E-state index in [2.05, 4.69) is 0 Å². The third-order valence-electron chi connectivity index (χ3n) is 1.87. The van der Waals surface area contributed by atoms with Gasteiger partial charge < -0.3 is 4.74 Å². The van der Waals surface area contributed by atoms with Crippen molar-refractivity contribution in [3.05, 3.63) is 33.4 Å². The lowest BCUT2D eigenvalue weighted by Crippen LogP contribution is -2.03. The molecule has 0 spiro atoms. The summed E-state index contributed by atoms with van der Waals surface area (Å²) in [5.74, 6) is 0.0298. The number of carbonyl (C=O) groups excluding carboxylic acids is 1. The number of methoxy groups -OCH3 is 1. The molecule has 0 heterocycles. The summed E-state index contributed by atoms with van der Waals surface area (Å²) in [5, 5.41) is 18.4. The minimum Gasteiger partial charge on any atom is -0.496 e. The predicted molar refractivity (Wildman–Crippen MR) is 54.5 cm³/mol. The van der Waals surface area contributed by atoms with Crippen LogP contribution in [0, 0.1) is 21.4 Å². The molecule has 0 saturated heterocycles. The molecule has 0 fully saturated rings. The molecule has 82 valence electrons. The highest BCUT2D eigenvalue weighted by Gasteiger charge is 2.24. The molecule has 0 saturated carbocycles. The molecule has 1 aromatic rings. The molecule has 0 N–H and O–H groups in total. The molecule has 0 aliphatic carbocycles. The summed E-state index contributed by atoms with van der Waals surface area (Å²) in [6, 6.07) is 3.88. The van der Waals surface area contributed by atoms with Crippen molar-refractivity contribution < 1.29 is 14.5 Å². The Kier molecular flexibility index (Phi) is 3.43. The molecule has 7 heteroatoms. The minimum atomic E-state index is -0.975. The summed E-state index contributed by atoms with van der Waals surface area (Å²) in [6.45, 7) is 0. The molecule has 6 nitrogen and oxygen atoms in total. The van der Waals surface area contributed by atoms with Gasteiger partial charge in [-0.15, -0.1) is 0 Å². The van der Waals surface area contributed by atoms with Gasteiger partial charge in [-0.1, -0.05) is 0 Å². The average Bonchev–Trinajstić information content (AvgIpc) is 2.26. The second-order valence-corrected chi connectivity index (χ2v) is 3.02. The smallest absolute Gasteiger partial charge is 0.288 e. The van der Waals surface area contributed by atoms with Gasteiger partial charge in [0.05, 0.1) is 12.0 Å². The maximum absolute atomic E-state index is 11.1. The number of nitro groups is 1. The van der Waals surface area contributed by atoms with Crippen LogP contribution < -0.4 is 4.74 Å². The number of hydrogen-bond donors (Lipinski definition) is 0. The zero-order valence-corrected chi connectivity index (χ0v) is 8.82. The Hall–Kier alpha value is -2.13. The fourth-order valence-electron chi connectivity index (χ4n) is 1.20. The van der Waals surface area contributed by atoms with Crippen molar-refractivity contribution >= 4 is 22.5 Å². The second kappa shape index (κ2) is 4.59. The molecule has 0 radical (unpaired) electrons. The van der Waals surface area contributed by atoms with E-state index in [1.807, 2.05) is 0 Å². The maximum Gasteiger partial charge on any atom is 0.288 e. The number of nitrogens with zero attached hydrogens (tertiary/aromatic N) is 2. The van der Waals surface area contributed by atoms with Crippen LogP contribution >= 0.6 is 11.6 Å². The zero-order valence-electron chi connectivity index (χ0n) is 8.06. The number of benzene rings is 1. The number of nitriles is 1. The van der Waals surface area contributed by atoms with Crippen molar-refractivity contribution in [3.63, 3.8) is 0 Å². The first-order chi connectivity index (χ1) is 7.52. The van der Waals surface area contributed by atoms with Gasteiger partial charge >= 0.3 is 0 Å². The summed E-state index contributed by atoms with van der Waals surface area (Å²) in [4.78, 5) is 20.9. The van der Waals surface area contributed by atoms with Crippen LogP contribution in [0.2, 0.25) is 0 Å². The lowest BCUT2D eigenvalue weighted by atomic mass is 10.1. The van der Waals surface area contributed by atoms with Crippen LogP contribution in [0.4, 0.5) is 5.69 Å². The second-order valence-electron chi connectivity index (χ2n) is 2.68. The highest BCUT2D eigenvalue weighted by atomic mass is 35.5. The van der Waals surface area contributed by atoms with Gasteiger partial charge in [-0.05, 0) is 17.7 Å². The Labute approximate surface area is 95.2 Å². The molecule has 16 heavy (non-hydrogen) atoms. The van der Waals surface area contributed by atoms with E-state index in [-0.39, 0.29) is 11.3 Å². The quantitative estimate of drug-likeness (QED) is 0.457. The molecule has 0 bridgehead atoms. The molecule has 0 aliphatic heterocycles. The van der Waals surface area contributed by atoms with Crippen molar-refractivity contribution in [1.82, 2.24) is 0 Å². The summed E-state index contributed by atoms with van der Waals surface area (Å²) >= 11 is 5.26. The van der Waals surface area contributed by atoms with Gasteiger partial charge in [0.1, 0.15) is 22.9 Å². The van der Waals surface area contributed by atoms with Crippen LogP contribution in [0.25, 0.3) is 0 Å². The van der Waals surface area contributed by atoms with Crippen LogP contribution in [-0.4, -0.2) is 17.3 Å². The zero-order chi connectivity index (χ0) is 12.3. The van der Waals surface area contributed by atoms with Gasteiger partial charge in [-0.3, -0.25) is 14.9 Å². The van der Waals surface area contributed by atoms with Crippen molar-refractivity contribution in [3.8, 4) is 11.8 Å². The van der Waals surface area contributed by atoms with Gasteiger partial charge in [-0.25, -0.2) is 0 Å². The summed E-state index contributed by atoms with van der Waals surface area (Å²) in [5.41, 5.74) is -1.17. The first-order valence-corrected chi connectivity index (χ1v) is 4.36. The number of halogens is 1. The summed E-state index contributed by atoms with van der Waals surface area (Å²) < 4.78 is 4.80. The Morgan fingerprint density at radius 1 is 1.62 bits per heavy atom. The van der Waals surface area contributed by atoms with Crippen molar-refractivity contribution in [2.45, 2.75) is 0 Å². The number of nitro benzene ring substituents is 1. The molecule has 0 unspecified atom stereocenters. The van der Waals surface area contributed by atoms with E-state index in [4.69, 9.17) is 21.6 Å². The maximum atomic E-state index is 11.1. The minimum absolute atomic E-state index is 0.0298. The number of carbonyl (C=O) groups is 1. The molecule has 0 aliphatic rings. The van der Waals surface area contributed by atoms with E-state index in [0.29, 0.717) is 0 Å². The third kappa shape index (κ3) is 1.94. The molecular weight excluding hydrogens is 236 g/mol. The summed E-state index contributed by atoms with van der Waals surface area (Å²) in [7, 11) is 1.27. The molecule has 1 aromatic carbocycles. The molecule has 0 aromatic heterocycles. The Balaban J connectivity index is 3.64. The van der Waals surface area contributed by atoms with Gasteiger partial charge in [0, 0.05) is 6.07 Å². The molecule has 0 amide bonds. The van der Waals surface area contributed by atoms with Crippen molar-refractivity contribution in [2.75, 3.05) is 7.11 Å². The lowest BCUT2D eigenvalue weighted by molar-refractivity contribution is -0.385. The van der Waals surface area contributed by atoms with Crippen molar-refractivity contribution in [2.24, 2.45) is 0 Å². The average molecular weight is 241 g/mol. The van der Waals surface area contributed by atoms with E-state index in [9.17, 15) is 14.9 Å². The summed E-state index contributed by atoms with van der Waals surface area (Å²) in [6.07, 6.45) is 0. The van der Waals surface area contributed by atoms with Crippen LogP contribution in [0.1, 0.15) is 15.9 Å². The van der Waals surface area contributed by atoms with Gasteiger partial charge in [0.2, 0.25) is 0 Å². The third-order valence-corrected chi connectivity index (χ3v) is 2.06. The highest BCUT2D eigenvalue weighted by Crippen LogP contribution is 2.30. The first kappa shape index (κ1) is 11.9. The van der Waals surface area contributed by atoms with E-state index in [1.165, 1.54) is 13.2 Å². The highest BCUT2D eigenvalue weighted by molar-refractivity contribution is 6.68. The topological polar surface area (TPSA) is 93.2 Å². The van der Waals surface area contributed by atoms with E-state index in [1.54, 1.807) is 6.07 Å². The fraction of sp³-hybridized carbons (Fsp3) is 0.111. The normalized spacial score (nSPS) is 9.31. The monoisotopic (exact) mass is 240 g/mol. The lowest BCUT2D eigenvalue weighted by Gasteiger charge is -2.06. The van der Waals surface area contributed by atoms with Crippen LogP contribution in [-0.2, 0) is 0 Å². The fourth-order valence-corrected chi connectivity index (χ4v) is 1.39. The van der Waals surface area contributed by atoms with E-state index < -0.39 is 21.4 Å². The van der Waals surface area contributed by atoms with Crippen LogP contribution in [0.15, 0.2) is 12.1 Å². The Morgan fingerprint density at radius 3 is 2.62 bits per heavy atom. The number of rotatable bonds is 3. The molecule has 1 rings (SSSR count). The van der Waals surface area contributed by atoms with Crippen LogP contribution in [0.5, 0.6) is 5.75 Å². The van der Waals surface area contributed by atoms with E-state index in [0.717, 1.165) is 6.07 Å². The number of hydrogen-bond acceptors (Lipinski definition) is 5. The SMILES string of the molecule is COc1ccc([N+](=O)[O-])c(C#N)c1C(=O)Cl. The molecule has 0 atom stereocenters. The van der Waals surface area contributed by atoms with Crippen molar-refractivity contribution in [1.29, 1.82) is 5.26 Å². The Bertz CT molecular complexity index is 507. The Morgan fingerprint density at radius 2 is 2.25 bits per heavy atom. The van der Waals surface area contributed by atoms with Crippen LogP contribution in [0.3, 0.4) is 0 Å². The standard InChI is InChI=1S/C9H5ClN2O4/c1-16-7-3-2-6(12(14)15)5(4-11)8(7)9(10)13/h2-3H,1H3. The van der Waals surface area contributed by atoms with Gasteiger partial charge in [-0.2, -0.15) is 5.26 Å². The predicted octanol–water partition coefficient (Wildman–Crippen LogP) is 1.85. The number of ether oxygens (including phenoxy) is 1. The van der Waals surface area contributed by atoms with E-state index >= 15 is 0 Å². The first-order valence-electron chi connectivity index (χ1n) is 3.98. The van der Waals surface area contributed by atoms with Gasteiger partial charge in [0.15, 0.2) is 0 Å².